The fourth-order valence-electron chi connectivity index (χ4n) is 1.81. The fourth-order valence-corrected chi connectivity index (χ4v) is 1.91. The minimum Gasteiger partial charge on any atom is -0.326 e. The number of benzene rings is 1. The fraction of sp³-hybridized carbons (Fsp3) is 0.0833. The third kappa shape index (κ3) is 2.12. The zero-order valence-electron chi connectivity index (χ0n) is 9.27. The zero-order chi connectivity index (χ0) is 12.5. The van der Waals surface area contributed by atoms with Crippen LogP contribution in [0.2, 0.25) is 5.02 Å². The van der Waals surface area contributed by atoms with Gasteiger partial charge >= 0.3 is 0 Å². The van der Waals surface area contributed by atoms with E-state index >= 15 is 0 Å². The predicted octanol–water partition coefficient (Wildman–Crippen LogP) is 2.37. The summed E-state index contributed by atoms with van der Waals surface area (Å²) in [5.74, 6) is 0.488. The highest BCUT2D eigenvalue weighted by Gasteiger charge is 2.17. The van der Waals surface area contributed by atoms with Crippen molar-refractivity contribution in [3.05, 3.63) is 41.2 Å². The van der Waals surface area contributed by atoms with Crippen LogP contribution in [0.4, 0.5) is 17.3 Å². The van der Waals surface area contributed by atoms with Crippen molar-refractivity contribution in [1.29, 1.82) is 0 Å². The third-order valence-electron chi connectivity index (χ3n) is 2.61. The number of halogens is 1. The van der Waals surface area contributed by atoms with Gasteiger partial charge in [-0.1, -0.05) is 11.6 Å². The van der Waals surface area contributed by atoms with Gasteiger partial charge in [-0.3, -0.25) is 4.79 Å². The number of anilines is 3. The predicted molar refractivity (Wildman–Crippen MR) is 69.1 cm³/mol. The lowest BCUT2D eigenvalue weighted by Crippen LogP contribution is -2.03. The molecule has 0 fully saturated rings. The van der Waals surface area contributed by atoms with Crippen molar-refractivity contribution in [3.63, 3.8) is 0 Å². The molecule has 2 aromatic rings. The summed E-state index contributed by atoms with van der Waals surface area (Å²) < 4.78 is 0. The van der Waals surface area contributed by atoms with Crippen LogP contribution in [0, 0.1) is 0 Å². The van der Waals surface area contributed by atoms with Gasteiger partial charge in [0.1, 0.15) is 0 Å². The third-order valence-corrected chi connectivity index (χ3v) is 2.80. The Kier molecular flexibility index (Phi) is 2.60. The molecule has 2 N–H and O–H groups in total. The van der Waals surface area contributed by atoms with Gasteiger partial charge in [-0.05, 0) is 23.8 Å². The van der Waals surface area contributed by atoms with E-state index in [0.717, 1.165) is 16.9 Å². The molecule has 5 nitrogen and oxygen atoms in total. The lowest BCUT2D eigenvalue weighted by Gasteiger charge is -2.06. The van der Waals surface area contributed by atoms with E-state index in [1.165, 1.54) is 12.4 Å². The number of nitrogens with one attached hydrogen (secondary N) is 2. The normalized spacial score (nSPS) is 13.1. The van der Waals surface area contributed by atoms with E-state index in [1.807, 2.05) is 18.2 Å². The van der Waals surface area contributed by atoms with E-state index in [4.69, 9.17) is 11.6 Å². The summed E-state index contributed by atoms with van der Waals surface area (Å²) in [6, 6.07) is 5.63. The molecule has 0 saturated heterocycles. The van der Waals surface area contributed by atoms with Gasteiger partial charge in [0.05, 0.1) is 23.8 Å². The quantitative estimate of drug-likeness (QED) is 0.870. The van der Waals surface area contributed by atoms with Crippen molar-refractivity contribution in [1.82, 2.24) is 9.97 Å². The number of rotatable bonds is 2. The van der Waals surface area contributed by atoms with Crippen LogP contribution in [0.1, 0.15) is 5.56 Å². The van der Waals surface area contributed by atoms with E-state index in [9.17, 15) is 4.79 Å². The molecule has 0 saturated carbocycles. The monoisotopic (exact) mass is 260 g/mol. The molecule has 1 amide bonds. The SMILES string of the molecule is O=C1Cc2cc(Nc3ncc(Cl)cn3)ccc2N1. The van der Waals surface area contributed by atoms with Crippen LogP contribution in [0.15, 0.2) is 30.6 Å². The second-order valence-electron chi connectivity index (χ2n) is 3.95. The van der Waals surface area contributed by atoms with Gasteiger partial charge in [0.25, 0.3) is 0 Å². The molecule has 0 radical (unpaired) electrons. The molecule has 0 aliphatic carbocycles. The molecule has 3 rings (SSSR count). The molecule has 0 spiro atoms. The van der Waals surface area contributed by atoms with Gasteiger partial charge in [0.2, 0.25) is 11.9 Å². The summed E-state index contributed by atoms with van der Waals surface area (Å²) in [6.07, 6.45) is 3.46. The number of hydrogen-bond acceptors (Lipinski definition) is 4. The Bertz CT molecular complexity index is 612. The maximum absolute atomic E-state index is 11.2. The summed E-state index contributed by atoms with van der Waals surface area (Å²) in [7, 11) is 0. The summed E-state index contributed by atoms with van der Waals surface area (Å²) >= 11 is 5.71. The van der Waals surface area contributed by atoms with Crippen molar-refractivity contribution in [2.24, 2.45) is 0 Å². The lowest BCUT2D eigenvalue weighted by atomic mass is 10.1. The molecule has 2 heterocycles. The maximum atomic E-state index is 11.2. The average molecular weight is 261 g/mol. The van der Waals surface area contributed by atoms with Gasteiger partial charge in [-0.25, -0.2) is 9.97 Å². The standard InChI is InChI=1S/C12H9ClN4O/c13-8-5-14-12(15-6-8)16-9-1-2-10-7(3-9)4-11(18)17-10/h1-3,5-6H,4H2,(H,17,18)(H,14,15,16). The minimum absolute atomic E-state index is 0.0184. The van der Waals surface area contributed by atoms with Crippen LogP contribution in [-0.4, -0.2) is 15.9 Å². The van der Waals surface area contributed by atoms with Gasteiger partial charge in [0, 0.05) is 11.4 Å². The molecular formula is C12H9ClN4O. The molecule has 1 aliphatic rings. The summed E-state index contributed by atoms with van der Waals surface area (Å²) in [5.41, 5.74) is 2.68. The van der Waals surface area contributed by atoms with Crippen molar-refractivity contribution < 1.29 is 4.79 Å². The van der Waals surface area contributed by atoms with E-state index in [1.54, 1.807) is 0 Å². The summed E-state index contributed by atoms with van der Waals surface area (Å²) in [6.45, 7) is 0. The first kappa shape index (κ1) is 11.0. The summed E-state index contributed by atoms with van der Waals surface area (Å²) in [4.78, 5) is 19.3. The molecule has 0 unspecified atom stereocenters. The highest BCUT2D eigenvalue weighted by Crippen LogP contribution is 2.26. The van der Waals surface area contributed by atoms with E-state index < -0.39 is 0 Å². The van der Waals surface area contributed by atoms with Crippen LogP contribution < -0.4 is 10.6 Å². The zero-order valence-corrected chi connectivity index (χ0v) is 10.0. The Morgan fingerprint density at radius 2 is 2.06 bits per heavy atom. The Hall–Kier alpha value is -2.14. The smallest absolute Gasteiger partial charge is 0.228 e. The number of amides is 1. The van der Waals surface area contributed by atoms with E-state index in [-0.39, 0.29) is 5.91 Å². The molecule has 0 bridgehead atoms. The van der Waals surface area contributed by atoms with Crippen LogP contribution in [0.5, 0.6) is 0 Å². The molecule has 18 heavy (non-hydrogen) atoms. The number of carbonyl (C=O) groups excluding carboxylic acids is 1. The molecule has 90 valence electrons. The van der Waals surface area contributed by atoms with Crippen molar-refractivity contribution >= 4 is 34.8 Å². The molecule has 1 aromatic carbocycles. The first-order chi connectivity index (χ1) is 8.70. The van der Waals surface area contributed by atoms with Gasteiger partial charge in [0.15, 0.2) is 0 Å². The Labute approximate surface area is 108 Å². The van der Waals surface area contributed by atoms with Gasteiger partial charge in [-0.2, -0.15) is 0 Å². The van der Waals surface area contributed by atoms with Crippen molar-refractivity contribution in [2.75, 3.05) is 10.6 Å². The van der Waals surface area contributed by atoms with Crippen LogP contribution in [0.3, 0.4) is 0 Å². The second-order valence-corrected chi connectivity index (χ2v) is 4.38. The average Bonchev–Trinajstić information content (AvgIpc) is 2.71. The van der Waals surface area contributed by atoms with Crippen molar-refractivity contribution in [2.45, 2.75) is 6.42 Å². The van der Waals surface area contributed by atoms with E-state index in [0.29, 0.717) is 17.4 Å². The molecule has 0 atom stereocenters. The highest BCUT2D eigenvalue weighted by atomic mass is 35.5. The molecule has 1 aromatic heterocycles. The topological polar surface area (TPSA) is 66.9 Å². The van der Waals surface area contributed by atoms with Crippen molar-refractivity contribution in [3.8, 4) is 0 Å². The number of hydrogen-bond donors (Lipinski definition) is 2. The van der Waals surface area contributed by atoms with Crippen LogP contribution in [0.25, 0.3) is 0 Å². The number of nitrogens with zero attached hydrogens (tertiary/aromatic N) is 2. The highest BCUT2D eigenvalue weighted by molar-refractivity contribution is 6.30. The van der Waals surface area contributed by atoms with Crippen LogP contribution in [-0.2, 0) is 11.2 Å². The number of carbonyl (C=O) groups is 1. The van der Waals surface area contributed by atoms with Gasteiger partial charge in [-0.15, -0.1) is 0 Å². The summed E-state index contributed by atoms with van der Waals surface area (Å²) in [5, 5.41) is 6.33. The maximum Gasteiger partial charge on any atom is 0.228 e. The number of aromatic nitrogens is 2. The lowest BCUT2D eigenvalue weighted by molar-refractivity contribution is -0.115. The first-order valence-corrected chi connectivity index (χ1v) is 5.76. The van der Waals surface area contributed by atoms with Gasteiger partial charge < -0.3 is 10.6 Å². The van der Waals surface area contributed by atoms with Crippen LogP contribution >= 0.6 is 11.6 Å². The minimum atomic E-state index is 0.0184. The molecule has 6 heteroatoms. The number of fused-ring (bicyclic) bond motifs is 1. The second kappa shape index (κ2) is 4.27. The Morgan fingerprint density at radius 3 is 2.83 bits per heavy atom. The van der Waals surface area contributed by atoms with E-state index in [2.05, 4.69) is 20.6 Å². The largest absolute Gasteiger partial charge is 0.326 e. The Balaban J connectivity index is 1.84. The first-order valence-electron chi connectivity index (χ1n) is 5.38. The molecular weight excluding hydrogens is 252 g/mol. The Morgan fingerprint density at radius 1 is 1.28 bits per heavy atom. The molecule has 1 aliphatic heterocycles.